The Morgan fingerprint density at radius 1 is 1.17 bits per heavy atom. The van der Waals surface area contributed by atoms with Crippen LogP contribution in [0, 0.1) is 11.3 Å². The zero-order valence-corrected chi connectivity index (χ0v) is 16.1. The van der Waals surface area contributed by atoms with E-state index in [9.17, 15) is 9.59 Å². The Labute approximate surface area is 171 Å². The number of rotatable bonds is 4. The average molecular weight is 407 g/mol. The Kier molecular flexibility index (Phi) is 4.57. The average Bonchev–Trinajstić information content (AvgIpc) is 3.28. The monoisotopic (exact) mass is 406 g/mol. The number of nitrogens with zero attached hydrogens (tertiary/aromatic N) is 3. The number of imide groups is 1. The summed E-state index contributed by atoms with van der Waals surface area (Å²) in [4.78, 5) is 31.0. The maximum absolute atomic E-state index is 13.0. The van der Waals surface area contributed by atoms with Gasteiger partial charge in [-0.15, -0.1) is 0 Å². The van der Waals surface area contributed by atoms with Crippen LogP contribution in [-0.2, 0) is 16.9 Å². The lowest BCUT2D eigenvalue weighted by Crippen LogP contribution is -2.40. The summed E-state index contributed by atoms with van der Waals surface area (Å²) in [6.45, 7) is 1.62. The molecule has 1 atom stereocenters. The van der Waals surface area contributed by atoms with E-state index >= 15 is 0 Å². The Bertz CT molecular complexity index is 1130. The van der Waals surface area contributed by atoms with Gasteiger partial charge in [-0.05, 0) is 48.9 Å². The van der Waals surface area contributed by atoms with Crippen molar-refractivity contribution >= 4 is 23.5 Å². The first-order valence-electron chi connectivity index (χ1n) is 8.76. The number of urea groups is 1. The molecule has 29 heavy (non-hydrogen) atoms. The fourth-order valence-corrected chi connectivity index (χ4v) is 3.31. The number of aromatic nitrogens is 1. The number of halogens is 1. The van der Waals surface area contributed by atoms with Crippen molar-refractivity contribution in [1.29, 1.82) is 5.26 Å². The molecule has 3 aromatic rings. The SMILES string of the molecule is C[C@]1(c2ccc(C#N)cc2)NC(=O)N(Cc2coc(-c3ccc(Cl)cc3)n2)C1=O. The van der Waals surface area contributed by atoms with Gasteiger partial charge in [0.15, 0.2) is 0 Å². The minimum absolute atomic E-state index is 0.0202. The van der Waals surface area contributed by atoms with E-state index in [1.165, 1.54) is 6.26 Å². The first-order chi connectivity index (χ1) is 13.9. The van der Waals surface area contributed by atoms with Crippen LogP contribution in [0.3, 0.4) is 0 Å². The van der Waals surface area contributed by atoms with E-state index in [4.69, 9.17) is 21.3 Å². The van der Waals surface area contributed by atoms with Crippen molar-refractivity contribution in [2.45, 2.75) is 19.0 Å². The van der Waals surface area contributed by atoms with Gasteiger partial charge in [0.1, 0.15) is 11.8 Å². The maximum atomic E-state index is 13.0. The van der Waals surface area contributed by atoms with Crippen LogP contribution in [0.15, 0.2) is 59.2 Å². The fraction of sp³-hybridized carbons (Fsp3) is 0.143. The molecule has 1 fully saturated rings. The van der Waals surface area contributed by atoms with E-state index in [1.54, 1.807) is 55.5 Å². The lowest BCUT2D eigenvalue weighted by Gasteiger charge is -2.22. The molecule has 1 N–H and O–H groups in total. The van der Waals surface area contributed by atoms with Crippen LogP contribution < -0.4 is 5.32 Å². The van der Waals surface area contributed by atoms with Crippen LogP contribution in [0.1, 0.15) is 23.7 Å². The number of amides is 3. The molecule has 1 aromatic heterocycles. The zero-order valence-electron chi connectivity index (χ0n) is 15.3. The molecule has 3 amide bonds. The van der Waals surface area contributed by atoms with Crippen molar-refractivity contribution < 1.29 is 14.0 Å². The lowest BCUT2D eigenvalue weighted by molar-refractivity contribution is -0.131. The number of oxazole rings is 1. The van der Waals surface area contributed by atoms with Gasteiger partial charge in [-0.1, -0.05) is 23.7 Å². The zero-order chi connectivity index (χ0) is 20.6. The summed E-state index contributed by atoms with van der Waals surface area (Å²) in [5.74, 6) is -0.0261. The molecular weight excluding hydrogens is 392 g/mol. The Balaban J connectivity index is 1.55. The Morgan fingerprint density at radius 2 is 1.86 bits per heavy atom. The van der Waals surface area contributed by atoms with Gasteiger partial charge in [0.25, 0.3) is 5.91 Å². The van der Waals surface area contributed by atoms with Gasteiger partial charge >= 0.3 is 6.03 Å². The first-order valence-corrected chi connectivity index (χ1v) is 9.13. The van der Waals surface area contributed by atoms with Crippen LogP contribution in [0.4, 0.5) is 4.79 Å². The third-order valence-corrected chi connectivity index (χ3v) is 5.08. The number of carbonyl (C=O) groups is 2. The Morgan fingerprint density at radius 3 is 2.52 bits per heavy atom. The van der Waals surface area contributed by atoms with Crippen molar-refractivity contribution in [3.8, 4) is 17.5 Å². The highest BCUT2D eigenvalue weighted by molar-refractivity contribution is 6.30. The number of benzene rings is 2. The summed E-state index contributed by atoms with van der Waals surface area (Å²) < 4.78 is 5.48. The number of nitriles is 1. The molecule has 0 saturated carbocycles. The summed E-state index contributed by atoms with van der Waals surface area (Å²) in [6.07, 6.45) is 1.42. The molecule has 144 valence electrons. The highest BCUT2D eigenvalue weighted by Crippen LogP contribution is 2.30. The first kappa shape index (κ1) is 18.7. The largest absolute Gasteiger partial charge is 0.444 e. The van der Waals surface area contributed by atoms with Crippen molar-refractivity contribution in [2.75, 3.05) is 0 Å². The van der Waals surface area contributed by atoms with Gasteiger partial charge in [0, 0.05) is 10.6 Å². The molecular formula is C21H15ClN4O3. The van der Waals surface area contributed by atoms with E-state index < -0.39 is 17.5 Å². The highest BCUT2D eigenvalue weighted by Gasteiger charge is 2.49. The molecule has 0 spiro atoms. The second-order valence-corrected chi connectivity index (χ2v) is 7.22. The van der Waals surface area contributed by atoms with Gasteiger partial charge in [0.2, 0.25) is 5.89 Å². The Hall–Kier alpha value is -3.63. The van der Waals surface area contributed by atoms with E-state index in [0.29, 0.717) is 27.7 Å². The van der Waals surface area contributed by atoms with Crippen LogP contribution in [0.5, 0.6) is 0 Å². The van der Waals surface area contributed by atoms with Crippen molar-refractivity contribution in [3.05, 3.63) is 76.6 Å². The predicted octanol–water partition coefficient (Wildman–Crippen LogP) is 3.83. The van der Waals surface area contributed by atoms with Gasteiger partial charge in [0.05, 0.1) is 23.9 Å². The number of hydrogen-bond acceptors (Lipinski definition) is 5. The molecule has 4 rings (SSSR count). The summed E-state index contributed by atoms with van der Waals surface area (Å²) in [6, 6.07) is 15.0. The molecule has 1 aliphatic rings. The molecule has 0 aliphatic carbocycles. The summed E-state index contributed by atoms with van der Waals surface area (Å²) >= 11 is 5.89. The van der Waals surface area contributed by atoms with Crippen molar-refractivity contribution in [3.63, 3.8) is 0 Å². The van der Waals surface area contributed by atoms with E-state index in [2.05, 4.69) is 10.3 Å². The predicted molar refractivity (Wildman–Crippen MR) is 105 cm³/mol. The third-order valence-electron chi connectivity index (χ3n) is 4.83. The minimum atomic E-state index is -1.21. The quantitative estimate of drug-likeness (QED) is 0.663. The van der Waals surface area contributed by atoms with E-state index in [0.717, 1.165) is 10.5 Å². The second kappa shape index (κ2) is 7.08. The van der Waals surface area contributed by atoms with E-state index in [-0.39, 0.29) is 6.54 Å². The third kappa shape index (κ3) is 3.35. The topological polar surface area (TPSA) is 99.2 Å². The molecule has 0 unspecified atom stereocenters. The summed E-state index contributed by atoms with van der Waals surface area (Å²) in [5.41, 5.74) is 1.04. The van der Waals surface area contributed by atoms with Gasteiger partial charge in [-0.3, -0.25) is 9.69 Å². The van der Waals surface area contributed by atoms with Crippen molar-refractivity contribution in [2.24, 2.45) is 0 Å². The second-order valence-electron chi connectivity index (χ2n) is 6.79. The minimum Gasteiger partial charge on any atom is -0.444 e. The molecule has 7 nitrogen and oxygen atoms in total. The molecule has 8 heteroatoms. The van der Waals surface area contributed by atoms with Crippen LogP contribution in [0.25, 0.3) is 11.5 Å². The number of hydrogen-bond donors (Lipinski definition) is 1. The smallest absolute Gasteiger partial charge is 0.325 e. The van der Waals surface area contributed by atoms with E-state index in [1.807, 2.05) is 6.07 Å². The molecule has 0 radical (unpaired) electrons. The maximum Gasteiger partial charge on any atom is 0.325 e. The molecule has 0 bridgehead atoms. The van der Waals surface area contributed by atoms with Crippen molar-refractivity contribution in [1.82, 2.24) is 15.2 Å². The van der Waals surface area contributed by atoms with Gasteiger partial charge in [-0.25, -0.2) is 9.78 Å². The van der Waals surface area contributed by atoms with Crippen LogP contribution in [0.2, 0.25) is 5.02 Å². The normalized spacial score (nSPS) is 18.6. The number of carbonyl (C=O) groups excluding carboxylic acids is 2. The summed E-state index contributed by atoms with van der Waals surface area (Å²) in [5, 5.41) is 12.3. The molecule has 2 heterocycles. The highest BCUT2D eigenvalue weighted by atomic mass is 35.5. The molecule has 1 aliphatic heterocycles. The van der Waals surface area contributed by atoms with Crippen LogP contribution >= 0.6 is 11.6 Å². The lowest BCUT2D eigenvalue weighted by atomic mass is 9.91. The fourth-order valence-electron chi connectivity index (χ4n) is 3.18. The molecule has 2 aromatic carbocycles. The van der Waals surface area contributed by atoms with Crippen LogP contribution in [-0.4, -0.2) is 21.8 Å². The summed E-state index contributed by atoms with van der Waals surface area (Å²) in [7, 11) is 0. The van der Waals surface area contributed by atoms with Gasteiger partial charge < -0.3 is 9.73 Å². The molecule has 1 saturated heterocycles. The number of nitrogens with one attached hydrogen (secondary N) is 1. The standard InChI is InChI=1S/C21H15ClN4O3/c1-21(15-6-2-13(10-23)3-7-15)19(27)26(20(28)25-21)11-17-12-29-18(24-17)14-4-8-16(22)9-5-14/h2-9,12H,11H2,1H3,(H,25,28)/t21-/m1/s1. The van der Waals surface area contributed by atoms with Gasteiger partial charge in [-0.2, -0.15) is 5.26 Å².